The fraction of sp³-hybridized carbons (Fsp3) is 0.526. The zero-order chi connectivity index (χ0) is 18.8. The van der Waals surface area contributed by atoms with Crippen LogP contribution in [0.4, 0.5) is 5.00 Å². The molecule has 2 aromatic heterocycles. The van der Waals surface area contributed by atoms with E-state index < -0.39 is 0 Å². The first-order valence-corrected chi connectivity index (χ1v) is 9.71. The molecule has 0 aliphatic heterocycles. The lowest BCUT2D eigenvalue weighted by Crippen LogP contribution is -2.29. The van der Waals surface area contributed by atoms with Gasteiger partial charge >= 0.3 is 0 Å². The van der Waals surface area contributed by atoms with Gasteiger partial charge in [0.25, 0.3) is 0 Å². The number of anilines is 1. The highest BCUT2D eigenvalue weighted by atomic mass is 32.1. The van der Waals surface area contributed by atoms with Crippen LogP contribution in [-0.4, -0.2) is 34.2 Å². The lowest BCUT2D eigenvalue weighted by atomic mass is 9.89. The number of aryl methyl sites for hydroxylation is 2. The van der Waals surface area contributed by atoms with Crippen molar-refractivity contribution in [3.63, 3.8) is 0 Å². The molecule has 138 valence electrons. The highest BCUT2D eigenvalue weighted by Gasteiger charge is 2.24. The van der Waals surface area contributed by atoms with Crippen molar-refractivity contribution in [3.05, 3.63) is 33.5 Å². The third kappa shape index (κ3) is 3.97. The highest BCUT2D eigenvalue weighted by Crippen LogP contribution is 2.39. The quantitative estimate of drug-likeness (QED) is 0.877. The van der Waals surface area contributed by atoms with Crippen LogP contribution in [0, 0.1) is 24.2 Å². The largest absolute Gasteiger partial charge is 0.315 e. The molecule has 0 saturated heterocycles. The molecule has 1 aliphatic carbocycles. The fourth-order valence-electron chi connectivity index (χ4n) is 3.52. The maximum atomic E-state index is 12.5. The van der Waals surface area contributed by atoms with Gasteiger partial charge in [-0.1, -0.05) is 6.92 Å². The summed E-state index contributed by atoms with van der Waals surface area (Å²) >= 11 is 1.57. The van der Waals surface area contributed by atoms with Crippen LogP contribution in [-0.2, 0) is 31.2 Å². The first-order valence-electron chi connectivity index (χ1n) is 8.89. The predicted octanol–water partition coefficient (Wildman–Crippen LogP) is 2.86. The van der Waals surface area contributed by atoms with E-state index in [1.165, 1.54) is 4.88 Å². The molecule has 0 fully saturated rings. The first kappa shape index (κ1) is 18.6. The van der Waals surface area contributed by atoms with Crippen molar-refractivity contribution < 1.29 is 4.79 Å². The Morgan fingerprint density at radius 3 is 3.00 bits per heavy atom. The SMILES string of the molecule is Cc1nn(C)cc1CN(C)CC(=O)Nc1sc2c(c1C#N)CCC(C)C2. The number of carbonyl (C=O) groups is 1. The molecule has 3 rings (SSSR count). The molecule has 0 aromatic carbocycles. The maximum Gasteiger partial charge on any atom is 0.239 e. The predicted molar refractivity (Wildman–Crippen MR) is 103 cm³/mol. The van der Waals surface area contributed by atoms with Gasteiger partial charge in [-0.2, -0.15) is 10.4 Å². The van der Waals surface area contributed by atoms with E-state index in [1.807, 2.05) is 32.1 Å². The Balaban J connectivity index is 1.65. The third-order valence-electron chi connectivity index (χ3n) is 4.85. The minimum Gasteiger partial charge on any atom is -0.315 e. The van der Waals surface area contributed by atoms with E-state index >= 15 is 0 Å². The van der Waals surface area contributed by atoms with Gasteiger partial charge in [0, 0.05) is 30.2 Å². The molecule has 6 nitrogen and oxygen atoms in total. The van der Waals surface area contributed by atoms with E-state index in [0.717, 1.165) is 36.1 Å². The Morgan fingerprint density at radius 1 is 1.58 bits per heavy atom. The van der Waals surface area contributed by atoms with Crippen LogP contribution in [0.25, 0.3) is 0 Å². The number of thiophene rings is 1. The standard InChI is InChI=1S/C19H25N5OS/c1-12-5-6-15-16(8-20)19(26-17(15)7-12)21-18(25)11-23(3)9-14-10-24(4)22-13(14)2/h10,12H,5-7,9,11H2,1-4H3,(H,21,25). The molecule has 2 aromatic rings. The smallest absolute Gasteiger partial charge is 0.239 e. The number of nitriles is 1. The summed E-state index contributed by atoms with van der Waals surface area (Å²) < 4.78 is 1.79. The van der Waals surface area contributed by atoms with Gasteiger partial charge in [-0.05, 0) is 44.7 Å². The van der Waals surface area contributed by atoms with Crippen LogP contribution in [0.3, 0.4) is 0 Å². The van der Waals surface area contributed by atoms with E-state index in [0.29, 0.717) is 23.0 Å². The highest BCUT2D eigenvalue weighted by molar-refractivity contribution is 7.16. The molecule has 0 radical (unpaired) electrons. The Bertz CT molecular complexity index is 860. The Morgan fingerprint density at radius 2 is 2.35 bits per heavy atom. The van der Waals surface area contributed by atoms with Crippen molar-refractivity contribution in [2.75, 3.05) is 18.9 Å². The summed E-state index contributed by atoms with van der Waals surface area (Å²) in [5, 5.41) is 17.5. The summed E-state index contributed by atoms with van der Waals surface area (Å²) in [4.78, 5) is 15.7. The van der Waals surface area contributed by atoms with E-state index in [-0.39, 0.29) is 12.5 Å². The summed E-state index contributed by atoms with van der Waals surface area (Å²) in [6, 6.07) is 2.30. The molecule has 1 unspecified atom stereocenters. The number of nitrogens with one attached hydrogen (secondary N) is 1. The van der Waals surface area contributed by atoms with Gasteiger partial charge in [0.2, 0.25) is 5.91 Å². The zero-order valence-electron chi connectivity index (χ0n) is 15.8. The van der Waals surface area contributed by atoms with Crippen molar-refractivity contribution in [1.29, 1.82) is 5.26 Å². The fourth-order valence-corrected chi connectivity index (χ4v) is 4.90. The number of fused-ring (bicyclic) bond motifs is 1. The van der Waals surface area contributed by atoms with Crippen molar-refractivity contribution in [1.82, 2.24) is 14.7 Å². The molecule has 7 heteroatoms. The Labute approximate surface area is 158 Å². The van der Waals surface area contributed by atoms with Crippen molar-refractivity contribution in [3.8, 4) is 6.07 Å². The summed E-state index contributed by atoms with van der Waals surface area (Å²) in [5.74, 6) is 0.558. The van der Waals surface area contributed by atoms with Gasteiger partial charge < -0.3 is 5.32 Å². The molecule has 0 saturated carbocycles. The number of hydrogen-bond acceptors (Lipinski definition) is 5. The molecule has 1 N–H and O–H groups in total. The maximum absolute atomic E-state index is 12.5. The molecular formula is C19H25N5OS. The third-order valence-corrected chi connectivity index (χ3v) is 6.02. The molecule has 0 spiro atoms. The minimum absolute atomic E-state index is 0.0859. The van der Waals surface area contributed by atoms with E-state index in [1.54, 1.807) is 16.0 Å². The van der Waals surface area contributed by atoms with Gasteiger partial charge in [-0.15, -0.1) is 11.3 Å². The van der Waals surface area contributed by atoms with Gasteiger partial charge in [0.1, 0.15) is 11.1 Å². The lowest BCUT2D eigenvalue weighted by Gasteiger charge is -2.17. The molecule has 1 amide bonds. The number of likely N-dealkylation sites (N-methyl/N-ethyl adjacent to an activating group) is 1. The average Bonchev–Trinajstić information content (AvgIpc) is 3.05. The van der Waals surface area contributed by atoms with Crippen LogP contribution in [0.1, 0.15) is 40.6 Å². The monoisotopic (exact) mass is 371 g/mol. The summed E-state index contributed by atoms with van der Waals surface area (Å²) in [6.07, 6.45) is 5.03. The van der Waals surface area contributed by atoms with Crippen LogP contribution >= 0.6 is 11.3 Å². The normalized spacial score (nSPS) is 16.4. The van der Waals surface area contributed by atoms with Crippen LogP contribution < -0.4 is 5.32 Å². The van der Waals surface area contributed by atoms with Crippen molar-refractivity contribution >= 4 is 22.2 Å². The number of nitrogens with zero attached hydrogens (tertiary/aromatic N) is 4. The van der Waals surface area contributed by atoms with Crippen molar-refractivity contribution in [2.24, 2.45) is 13.0 Å². The lowest BCUT2D eigenvalue weighted by molar-refractivity contribution is -0.117. The number of rotatable bonds is 5. The number of aromatic nitrogens is 2. The van der Waals surface area contributed by atoms with E-state index in [9.17, 15) is 10.1 Å². The Hall–Kier alpha value is -2.17. The van der Waals surface area contributed by atoms with Gasteiger partial charge in [-0.25, -0.2) is 0 Å². The van der Waals surface area contributed by atoms with Crippen LogP contribution in [0.2, 0.25) is 0 Å². The van der Waals surface area contributed by atoms with Crippen LogP contribution in [0.5, 0.6) is 0 Å². The molecule has 26 heavy (non-hydrogen) atoms. The second-order valence-electron chi connectivity index (χ2n) is 7.30. The second kappa shape index (κ2) is 7.60. The molecule has 1 aliphatic rings. The van der Waals surface area contributed by atoms with Crippen LogP contribution in [0.15, 0.2) is 6.20 Å². The van der Waals surface area contributed by atoms with E-state index in [2.05, 4.69) is 23.4 Å². The topological polar surface area (TPSA) is 74.0 Å². The first-order chi connectivity index (χ1) is 12.4. The Kier molecular flexibility index (Phi) is 5.44. The molecular weight excluding hydrogens is 346 g/mol. The summed E-state index contributed by atoms with van der Waals surface area (Å²) in [7, 11) is 3.81. The van der Waals surface area contributed by atoms with Gasteiger partial charge in [0.15, 0.2) is 0 Å². The minimum atomic E-state index is -0.0859. The van der Waals surface area contributed by atoms with E-state index in [4.69, 9.17) is 0 Å². The van der Waals surface area contributed by atoms with Crippen molar-refractivity contribution in [2.45, 2.75) is 39.7 Å². The number of hydrogen-bond donors (Lipinski definition) is 1. The summed E-state index contributed by atoms with van der Waals surface area (Å²) in [6.45, 7) is 5.15. The summed E-state index contributed by atoms with van der Waals surface area (Å²) in [5.41, 5.74) is 3.90. The molecule has 0 bridgehead atoms. The average molecular weight is 372 g/mol. The van der Waals surface area contributed by atoms with Gasteiger partial charge in [-0.3, -0.25) is 14.4 Å². The second-order valence-corrected chi connectivity index (χ2v) is 8.41. The van der Waals surface area contributed by atoms with Gasteiger partial charge in [0.05, 0.1) is 17.8 Å². The zero-order valence-corrected chi connectivity index (χ0v) is 16.6. The molecule has 2 heterocycles. The number of carbonyl (C=O) groups excluding carboxylic acids is 1. The molecule has 1 atom stereocenters. The number of amides is 1.